The van der Waals surface area contributed by atoms with E-state index in [1.165, 1.54) is 0 Å². The molecule has 0 aliphatic carbocycles. The molecule has 0 heterocycles. The molecule has 0 fully saturated rings. The number of rotatable bonds is 7. The molecule has 106 valence electrons. The Balaban J connectivity index is 2.08. The Morgan fingerprint density at radius 2 is 1.25 bits per heavy atom. The molecule has 0 spiro atoms. The van der Waals surface area contributed by atoms with Crippen LogP contribution in [0.5, 0.6) is 0 Å². The third kappa shape index (κ3) is 4.46. The average Bonchev–Trinajstić information content (AvgIpc) is 2.49. The topological polar surface area (TPSA) is 43.7 Å². The van der Waals surface area contributed by atoms with E-state index in [0.29, 0.717) is 19.5 Å². The fourth-order valence-electron chi connectivity index (χ4n) is 2.20. The highest BCUT2D eigenvalue weighted by Crippen LogP contribution is 2.13. The summed E-state index contributed by atoms with van der Waals surface area (Å²) in [5.74, 6) is 0. The van der Waals surface area contributed by atoms with Crippen LogP contribution in [-0.4, -0.2) is 27.9 Å². The first-order valence-electron chi connectivity index (χ1n) is 6.90. The third-order valence-corrected chi connectivity index (χ3v) is 3.27. The second-order valence-electron chi connectivity index (χ2n) is 4.87. The van der Waals surface area contributed by atoms with Gasteiger partial charge in [-0.25, -0.2) is 0 Å². The molecule has 1 atom stereocenters. The van der Waals surface area contributed by atoms with E-state index in [1.54, 1.807) is 0 Å². The monoisotopic (exact) mass is 271 g/mol. The van der Waals surface area contributed by atoms with Crippen LogP contribution in [0, 0.1) is 0 Å². The van der Waals surface area contributed by atoms with Crippen LogP contribution in [0.1, 0.15) is 17.5 Å². The first kappa shape index (κ1) is 14.7. The first-order valence-corrected chi connectivity index (χ1v) is 6.90. The number of benzene rings is 2. The Labute approximate surface area is 120 Å². The quantitative estimate of drug-likeness (QED) is 0.760. The third-order valence-electron chi connectivity index (χ3n) is 3.27. The fourth-order valence-corrected chi connectivity index (χ4v) is 2.20. The van der Waals surface area contributed by atoms with E-state index in [0.717, 1.165) is 11.1 Å². The molecule has 3 nitrogen and oxygen atoms in total. The Kier molecular flexibility index (Phi) is 5.74. The predicted octanol–water partition coefficient (Wildman–Crippen LogP) is 2.39. The van der Waals surface area contributed by atoms with Crippen LogP contribution in [0.15, 0.2) is 60.7 Å². The van der Waals surface area contributed by atoms with Gasteiger partial charge in [-0.15, -0.1) is 0 Å². The summed E-state index contributed by atoms with van der Waals surface area (Å²) in [4.78, 5) is 1.97. The van der Waals surface area contributed by atoms with Gasteiger partial charge >= 0.3 is 0 Å². The SMILES string of the molecule is OCCC(O)N(Cc1ccccc1)Cc1ccccc1. The van der Waals surface area contributed by atoms with E-state index in [9.17, 15) is 5.11 Å². The molecule has 2 N–H and O–H groups in total. The van der Waals surface area contributed by atoms with Crippen molar-refractivity contribution < 1.29 is 10.2 Å². The van der Waals surface area contributed by atoms with Crippen molar-refractivity contribution >= 4 is 0 Å². The van der Waals surface area contributed by atoms with Gasteiger partial charge in [0.25, 0.3) is 0 Å². The van der Waals surface area contributed by atoms with Crippen molar-refractivity contribution in [3.63, 3.8) is 0 Å². The standard InChI is InChI=1S/C17H21NO2/c19-12-11-17(20)18(13-15-7-3-1-4-8-15)14-16-9-5-2-6-10-16/h1-10,17,19-20H,11-14H2. The van der Waals surface area contributed by atoms with E-state index in [-0.39, 0.29) is 6.61 Å². The number of hydrogen-bond acceptors (Lipinski definition) is 3. The summed E-state index contributed by atoms with van der Waals surface area (Å²) in [7, 11) is 0. The van der Waals surface area contributed by atoms with Gasteiger partial charge in [0.15, 0.2) is 0 Å². The summed E-state index contributed by atoms with van der Waals surface area (Å²) >= 11 is 0. The first-order chi connectivity index (χ1) is 9.79. The maximum absolute atomic E-state index is 10.2. The van der Waals surface area contributed by atoms with Crippen LogP contribution in [0.4, 0.5) is 0 Å². The molecule has 0 bridgehead atoms. The van der Waals surface area contributed by atoms with Crippen molar-refractivity contribution in [3.05, 3.63) is 71.8 Å². The summed E-state index contributed by atoms with van der Waals surface area (Å²) in [5, 5.41) is 19.2. The minimum Gasteiger partial charge on any atom is -0.396 e. The van der Waals surface area contributed by atoms with Crippen molar-refractivity contribution in [1.29, 1.82) is 0 Å². The minimum atomic E-state index is -0.639. The summed E-state index contributed by atoms with van der Waals surface area (Å²) in [5.41, 5.74) is 2.31. The molecule has 2 rings (SSSR count). The van der Waals surface area contributed by atoms with Crippen molar-refractivity contribution in [3.8, 4) is 0 Å². The van der Waals surface area contributed by atoms with Crippen LogP contribution >= 0.6 is 0 Å². The molecule has 2 aromatic rings. The van der Waals surface area contributed by atoms with Crippen molar-refractivity contribution in [2.24, 2.45) is 0 Å². The largest absolute Gasteiger partial charge is 0.396 e. The van der Waals surface area contributed by atoms with Crippen LogP contribution < -0.4 is 0 Å². The molecule has 0 aromatic heterocycles. The van der Waals surface area contributed by atoms with Crippen molar-refractivity contribution in [2.45, 2.75) is 25.7 Å². The van der Waals surface area contributed by atoms with Gasteiger partial charge in [-0.05, 0) is 11.1 Å². The zero-order valence-corrected chi connectivity index (χ0v) is 11.5. The lowest BCUT2D eigenvalue weighted by atomic mass is 10.1. The van der Waals surface area contributed by atoms with Gasteiger partial charge in [0.2, 0.25) is 0 Å². The molecular formula is C17H21NO2. The van der Waals surface area contributed by atoms with Gasteiger partial charge in [-0.2, -0.15) is 0 Å². The fraction of sp³-hybridized carbons (Fsp3) is 0.294. The highest BCUT2D eigenvalue weighted by molar-refractivity contribution is 5.17. The van der Waals surface area contributed by atoms with Crippen molar-refractivity contribution in [2.75, 3.05) is 6.61 Å². The zero-order valence-electron chi connectivity index (χ0n) is 11.5. The van der Waals surface area contributed by atoms with Gasteiger partial charge in [-0.1, -0.05) is 60.7 Å². The molecule has 0 saturated carbocycles. The van der Waals surface area contributed by atoms with E-state index < -0.39 is 6.23 Å². The van der Waals surface area contributed by atoms with Gasteiger partial charge < -0.3 is 10.2 Å². The molecule has 0 saturated heterocycles. The maximum Gasteiger partial charge on any atom is 0.110 e. The highest BCUT2D eigenvalue weighted by Gasteiger charge is 2.15. The highest BCUT2D eigenvalue weighted by atomic mass is 16.3. The number of aliphatic hydroxyl groups is 2. The van der Waals surface area contributed by atoms with E-state index in [2.05, 4.69) is 0 Å². The maximum atomic E-state index is 10.2. The molecule has 1 unspecified atom stereocenters. The van der Waals surface area contributed by atoms with E-state index in [1.807, 2.05) is 65.6 Å². The molecule has 0 aliphatic heterocycles. The zero-order chi connectivity index (χ0) is 14.2. The van der Waals surface area contributed by atoms with Crippen LogP contribution in [-0.2, 0) is 13.1 Å². The summed E-state index contributed by atoms with van der Waals surface area (Å²) in [6.45, 7) is 1.31. The van der Waals surface area contributed by atoms with Gasteiger partial charge in [0, 0.05) is 26.1 Å². The molecule has 20 heavy (non-hydrogen) atoms. The lowest BCUT2D eigenvalue weighted by Gasteiger charge is -2.27. The lowest BCUT2D eigenvalue weighted by molar-refractivity contribution is -0.0236. The molecule has 0 aliphatic rings. The molecule has 2 aromatic carbocycles. The minimum absolute atomic E-state index is 0.0127. The van der Waals surface area contributed by atoms with Gasteiger partial charge in [-0.3, -0.25) is 4.90 Å². The second kappa shape index (κ2) is 7.80. The van der Waals surface area contributed by atoms with Crippen molar-refractivity contribution in [1.82, 2.24) is 4.90 Å². The molecule has 3 heteroatoms. The number of hydrogen-bond donors (Lipinski definition) is 2. The number of aliphatic hydroxyl groups excluding tert-OH is 2. The molecule has 0 amide bonds. The van der Waals surface area contributed by atoms with E-state index >= 15 is 0 Å². The molecule has 0 radical (unpaired) electrons. The second-order valence-corrected chi connectivity index (χ2v) is 4.87. The lowest BCUT2D eigenvalue weighted by Crippen LogP contribution is -2.34. The Morgan fingerprint density at radius 1 is 0.800 bits per heavy atom. The predicted molar refractivity (Wildman–Crippen MR) is 79.8 cm³/mol. The summed E-state index contributed by atoms with van der Waals surface area (Å²) in [6.07, 6.45) is -0.278. The van der Waals surface area contributed by atoms with Gasteiger partial charge in [0.1, 0.15) is 6.23 Å². The Morgan fingerprint density at radius 3 is 1.65 bits per heavy atom. The Hall–Kier alpha value is -1.68. The summed E-state index contributed by atoms with van der Waals surface area (Å²) < 4.78 is 0. The van der Waals surface area contributed by atoms with Crippen LogP contribution in [0.25, 0.3) is 0 Å². The van der Waals surface area contributed by atoms with Crippen LogP contribution in [0.2, 0.25) is 0 Å². The van der Waals surface area contributed by atoms with Crippen LogP contribution in [0.3, 0.4) is 0 Å². The molecular weight excluding hydrogens is 250 g/mol. The normalized spacial score (nSPS) is 12.6. The Bertz CT molecular complexity index is 445. The van der Waals surface area contributed by atoms with E-state index in [4.69, 9.17) is 5.11 Å². The number of nitrogens with zero attached hydrogens (tertiary/aromatic N) is 1. The smallest absolute Gasteiger partial charge is 0.110 e. The van der Waals surface area contributed by atoms with Gasteiger partial charge in [0.05, 0.1) is 0 Å². The summed E-state index contributed by atoms with van der Waals surface area (Å²) in [6, 6.07) is 20.1. The average molecular weight is 271 g/mol.